The van der Waals surface area contributed by atoms with E-state index in [4.69, 9.17) is 0 Å². The molecule has 0 saturated carbocycles. The summed E-state index contributed by atoms with van der Waals surface area (Å²) in [6, 6.07) is 2.19. The molecule has 2 rings (SSSR count). The van der Waals surface area contributed by atoms with Crippen LogP contribution in [0.2, 0.25) is 0 Å². The molecule has 0 aliphatic rings. The first-order valence-corrected chi connectivity index (χ1v) is 6.14. The number of hydrogen-bond acceptors (Lipinski definition) is 3. The number of pyridine rings is 1. The normalized spacial score (nSPS) is 12.3. The van der Waals surface area contributed by atoms with Crippen LogP contribution in [0.3, 0.4) is 0 Å². The molecule has 0 unspecified atom stereocenters. The monoisotopic (exact) mass is 220 g/mol. The number of hydrogen-bond donors (Lipinski definition) is 0. The predicted molar refractivity (Wildman–Crippen MR) is 65.5 cm³/mol. The Morgan fingerprint density at radius 3 is 2.67 bits per heavy atom. The zero-order valence-electron chi connectivity index (χ0n) is 9.66. The number of aryl methyl sites for hydroxylation is 1. The molecule has 2 aromatic heterocycles. The Morgan fingerprint density at radius 2 is 2.07 bits per heavy atom. The van der Waals surface area contributed by atoms with Crippen LogP contribution in [0.4, 0.5) is 0 Å². The molecule has 0 spiro atoms. The summed E-state index contributed by atoms with van der Waals surface area (Å²) < 4.78 is 0. The van der Waals surface area contributed by atoms with E-state index >= 15 is 0 Å². The van der Waals surface area contributed by atoms with Crippen LogP contribution in [-0.2, 0) is 11.8 Å². The third-order valence-electron chi connectivity index (χ3n) is 2.55. The molecule has 0 saturated heterocycles. The van der Waals surface area contributed by atoms with Crippen molar-refractivity contribution >= 4 is 21.7 Å². The van der Waals surface area contributed by atoms with Crippen LogP contribution in [0.15, 0.2) is 11.6 Å². The number of nitrogens with zero attached hydrogens (tertiary/aromatic N) is 2. The highest BCUT2D eigenvalue weighted by Crippen LogP contribution is 2.29. The van der Waals surface area contributed by atoms with Gasteiger partial charge in [0.1, 0.15) is 10.3 Å². The standard InChI is InChI=1S/C12H16N2S/c1-5-9-8(12(2,3)4)6-10-11(14-9)15-7-13-10/h6-7H,5H2,1-4H3. The Hall–Kier alpha value is -0.960. The van der Waals surface area contributed by atoms with Gasteiger partial charge in [-0.05, 0) is 23.5 Å². The van der Waals surface area contributed by atoms with Crippen molar-refractivity contribution in [3.05, 3.63) is 22.8 Å². The van der Waals surface area contributed by atoms with Gasteiger partial charge in [-0.1, -0.05) is 27.7 Å². The Labute approximate surface area is 94.4 Å². The molecule has 0 fully saturated rings. The lowest BCUT2D eigenvalue weighted by Gasteiger charge is -2.21. The molecule has 0 N–H and O–H groups in total. The summed E-state index contributed by atoms with van der Waals surface area (Å²) in [5.41, 5.74) is 5.57. The van der Waals surface area contributed by atoms with Crippen LogP contribution in [0.25, 0.3) is 10.3 Å². The molecule has 0 aliphatic heterocycles. The first kappa shape index (κ1) is 10.6. The lowest BCUT2D eigenvalue weighted by atomic mass is 9.85. The average Bonchev–Trinajstić information content (AvgIpc) is 2.60. The second-order valence-electron chi connectivity index (χ2n) is 4.76. The fraction of sp³-hybridized carbons (Fsp3) is 0.500. The van der Waals surface area contributed by atoms with Gasteiger partial charge in [-0.3, -0.25) is 0 Å². The smallest absolute Gasteiger partial charge is 0.143 e. The van der Waals surface area contributed by atoms with Crippen molar-refractivity contribution in [3.8, 4) is 0 Å². The molecule has 0 amide bonds. The fourth-order valence-corrected chi connectivity index (χ4v) is 2.41. The van der Waals surface area contributed by atoms with Gasteiger partial charge in [-0.25, -0.2) is 9.97 Å². The van der Waals surface area contributed by atoms with Crippen LogP contribution in [0.1, 0.15) is 39.0 Å². The van der Waals surface area contributed by atoms with Crippen LogP contribution in [0, 0.1) is 0 Å². The van der Waals surface area contributed by atoms with Gasteiger partial charge in [0, 0.05) is 5.69 Å². The highest BCUT2D eigenvalue weighted by atomic mass is 32.1. The second kappa shape index (κ2) is 3.56. The van der Waals surface area contributed by atoms with Crippen LogP contribution < -0.4 is 0 Å². The topological polar surface area (TPSA) is 25.8 Å². The van der Waals surface area contributed by atoms with E-state index in [1.165, 1.54) is 11.3 Å². The summed E-state index contributed by atoms with van der Waals surface area (Å²) in [5.74, 6) is 0. The molecule has 3 heteroatoms. The molecule has 0 aliphatic carbocycles. The third kappa shape index (κ3) is 1.88. The van der Waals surface area contributed by atoms with Gasteiger partial charge in [0.25, 0.3) is 0 Å². The maximum atomic E-state index is 4.68. The summed E-state index contributed by atoms with van der Waals surface area (Å²) in [7, 11) is 0. The first-order valence-electron chi connectivity index (χ1n) is 5.26. The molecule has 2 nitrogen and oxygen atoms in total. The molecule has 0 bridgehead atoms. The van der Waals surface area contributed by atoms with E-state index in [-0.39, 0.29) is 5.41 Å². The Kier molecular flexibility index (Phi) is 2.51. The van der Waals surface area contributed by atoms with Gasteiger partial charge >= 0.3 is 0 Å². The van der Waals surface area contributed by atoms with E-state index in [0.717, 1.165) is 16.8 Å². The molecule has 0 radical (unpaired) electrons. The summed E-state index contributed by atoms with van der Waals surface area (Å²) in [6.07, 6.45) is 0.987. The Balaban J connectivity index is 2.70. The Morgan fingerprint density at radius 1 is 1.33 bits per heavy atom. The van der Waals surface area contributed by atoms with Crippen LogP contribution in [0.5, 0.6) is 0 Å². The minimum atomic E-state index is 0.149. The minimum absolute atomic E-state index is 0.149. The number of fused-ring (bicyclic) bond motifs is 1. The van der Waals surface area contributed by atoms with E-state index in [0.29, 0.717) is 0 Å². The summed E-state index contributed by atoms with van der Waals surface area (Å²) in [5, 5.41) is 0. The van der Waals surface area contributed by atoms with Gasteiger partial charge in [0.15, 0.2) is 0 Å². The van der Waals surface area contributed by atoms with E-state index in [1.807, 2.05) is 5.51 Å². The zero-order valence-corrected chi connectivity index (χ0v) is 10.5. The van der Waals surface area contributed by atoms with Crippen LogP contribution >= 0.6 is 11.3 Å². The highest BCUT2D eigenvalue weighted by molar-refractivity contribution is 7.16. The minimum Gasteiger partial charge on any atom is -0.243 e. The van der Waals surface area contributed by atoms with Crippen molar-refractivity contribution in [2.24, 2.45) is 0 Å². The van der Waals surface area contributed by atoms with Crippen LogP contribution in [-0.4, -0.2) is 9.97 Å². The number of rotatable bonds is 1. The molecule has 80 valence electrons. The summed E-state index contributed by atoms with van der Waals surface area (Å²) in [6.45, 7) is 8.83. The number of thiazole rings is 1. The fourth-order valence-electron chi connectivity index (χ4n) is 1.75. The van der Waals surface area contributed by atoms with E-state index in [9.17, 15) is 0 Å². The molecule has 15 heavy (non-hydrogen) atoms. The van der Waals surface area contributed by atoms with E-state index < -0.39 is 0 Å². The molecule has 0 atom stereocenters. The van der Waals surface area contributed by atoms with Crippen molar-refractivity contribution in [2.45, 2.75) is 39.5 Å². The van der Waals surface area contributed by atoms with Crippen molar-refractivity contribution in [3.63, 3.8) is 0 Å². The second-order valence-corrected chi connectivity index (χ2v) is 5.60. The van der Waals surface area contributed by atoms with Crippen molar-refractivity contribution in [1.82, 2.24) is 9.97 Å². The molecular formula is C12H16N2S. The SMILES string of the molecule is CCc1nc2scnc2cc1C(C)(C)C. The van der Waals surface area contributed by atoms with Gasteiger partial charge in [0.2, 0.25) is 0 Å². The van der Waals surface area contributed by atoms with Gasteiger partial charge in [-0.2, -0.15) is 0 Å². The third-order valence-corrected chi connectivity index (χ3v) is 3.28. The van der Waals surface area contributed by atoms with Gasteiger partial charge in [0.05, 0.1) is 5.51 Å². The predicted octanol–water partition coefficient (Wildman–Crippen LogP) is 3.55. The van der Waals surface area contributed by atoms with E-state index in [1.54, 1.807) is 11.3 Å². The van der Waals surface area contributed by atoms with Gasteiger partial charge in [-0.15, -0.1) is 11.3 Å². The Bertz CT molecular complexity index is 480. The van der Waals surface area contributed by atoms with Crippen molar-refractivity contribution < 1.29 is 0 Å². The largest absolute Gasteiger partial charge is 0.243 e. The van der Waals surface area contributed by atoms with Gasteiger partial charge < -0.3 is 0 Å². The molecule has 2 aromatic rings. The maximum Gasteiger partial charge on any atom is 0.143 e. The zero-order chi connectivity index (χ0) is 11.1. The number of aromatic nitrogens is 2. The molecule has 0 aromatic carbocycles. The maximum absolute atomic E-state index is 4.68. The summed E-state index contributed by atoms with van der Waals surface area (Å²) >= 11 is 1.61. The quantitative estimate of drug-likeness (QED) is 0.734. The lowest BCUT2D eigenvalue weighted by molar-refractivity contribution is 0.580. The average molecular weight is 220 g/mol. The molecule has 2 heterocycles. The summed E-state index contributed by atoms with van der Waals surface area (Å²) in [4.78, 5) is 10.1. The van der Waals surface area contributed by atoms with Crippen molar-refractivity contribution in [1.29, 1.82) is 0 Å². The van der Waals surface area contributed by atoms with Crippen molar-refractivity contribution in [2.75, 3.05) is 0 Å². The van der Waals surface area contributed by atoms with E-state index in [2.05, 4.69) is 43.7 Å². The molecular weight excluding hydrogens is 204 g/mol. The highest BCUT2D eigenvalue weighted by Gasteiger charge is 2.19. The lowest BCUT2D eigenvalue weighted by Crippen LogP contribution is -2.15. The first-order chi connectivity index (χ1) is 7.02.